The predicted octanol–water partition coefficient (Wildman–Crippen LogP) is 3.01. The van der Waals surface area contributed by atoms with Gasteiger partial charge in [-0.25, -0.2) is 14.2 Å². The van der Waals surface area contributed by atoms with Crippen LogP contribution >= 0.6 is 0 Å². The van der Waals surface area contributed by atoms with Crippen molar-refractivity contribution in [1.29, 1.82) is 0 Å². The van der Waals surface area contributed by atoms with Gasteiger partial charge in [-0.05, 0) is 31.0 Å². The number of nitrogens with one attached hydrogen (secondary N) is 2. The molecule has 2 amide bonds. The van der Waals surface area contributed by atoms with Gasteiger partial charge in [-0.2, -0.15) is 0 Å². The van der Waals surface area contributed by atoms with E-state index < -0.39 is 5.82 Å². The first-order valence-electron chi connectivity index (χ1n) is 6.48. The Labute approximate surface area is 115 Å². The van der Waals surface area contributed by atoms with Crippen molar-refractivity contribution in [2.45, 2.75) is 25.3 Å². The Morgan fingerprint density at radius 3 is 3.10 bits per heavy atom. The lowest BCUT2D eigenvalue weighted by atomic mass is 9.93. The largest absolute Gasteiger partial charge is 0.469 e. The summed E-state index contributed by atoms with van der Waals surface area (Å²) >= 11 is 0. The van der Waals surface area contributed by atoms with Crippen molar-refractivity contribution in [3.05, 3.63) is 47.8 Å². The first-order valence-corrected chi connectivity index (χ1v) is 6.48. The van der Waals surface area contributed by atoms with E-state index in [-0.39, 0.29) is 12.1 Å². The average Bonchev–Trinajstić information content (AvgIpc) is 2.91. The van der Waals surface area contributed by atoms with E-state index in [4.69, 9.17) is 4.42 Å². The number of carbonyl (C=O) groups is 1. The summed E-state index contributed by atoms with van der Waals surface area (Å²) in [4.78, 5) is 15.7. The van der Waals surface area contributed by atoms with Crippen LogP contribution in [0.5, 0.6) is 0 Å². The van der Waals surface area contributed by atoms with Crippen LogP contribution in [0.2, 0.25) is 0 Å². The van der Waals surface area contributed by atoms with Crippen molar-refractivity contribution >= 4 is 11.8 Å². The second-order valence-corrected chi connectivity index (χ2v) is 4.70. The molecule has 3 rings (SSSR count). The van der Waals surface area contributed by atoms with Gasteiger partial charge in [-0.1, -0.05) is 0 Å². The molecule has 2 aromatic heterocycles. The lowest BCUT2D eigenvalue weighted by Gasteiger charge is -2.22. The zero-order chi connectivity index (χ0) is 13.9. The number of amides is 2. The fourth-order valence-electron chi connectivity index (χ4n) is 2.40. The number of aryl methyl sites for hydroxylation is 1. The molecule has 2 N–H and O–H groups in total. The van der Waals surface area contributed by atoms with E-state index in [1.807, 2.05) is 6.07 Å². The molecular formula is C14H14FN3O2. The lowest BCUT2D eigenvalue weighted by molar-refractivity contribution is 0.246. The molecule has 0 spiro atoms. The molecule has 1 aliphatic rings. The van der Waals surface area contributed by atoms with Crippen LogP contribution in [0.15, 0.2) is 35.1 Å². The Balaban J connectivity index is 1.64. The molecule has 5 nitrogen and oxygen atoms in total. The highest BCUT2D eigenvalue weighted by molar-refractivity contribution is 5.88. The normalized spacial score (nSPS) is 17.4. The van der Waals surface area contributed by atoms with Crippen LogP contribution in [-0.2, 0) is 6.42 Å². The minimum Gasteiger partial charge on any atom is -0.469 e. The maximum absolute atomic E-state index is 12.7. The van der Waals surface area contributed by atoms with Crippen LogP contribution in [0.4, 0.5) is 15.0 Å². The van der Waals surface area contributed by atoms with Crippen molar-refractivity contribution in [1.82, 2.24) is 10.3 Å². The third-order valence-corrected chi connectivity index (χ3v) is 3.33. The number of anilines is 1. The van der Waals surface area contributed by atoms with E-state index in [2.05, 4.69) is 15.6 Å². The molecule has 0 radical (unpaired) electrons. The number of fused-ring (bicyclic) bond motifs is 1. The van der Waals surface area contributed by atoms with Gasteiger partial charge in [0.1, 0.15) is 17.4 Å². The quantitative estimate of drug-likeness (QED) is 0.885. The number of furan rings is 1. The highest BCUT2D eigenvalue weighted by Gasteiger charge is 2.23. The second kappa shape index (κ2) is 5.32. The van der Waals surface area contributed by atoms with E-state index in [1.165, 1.54) is 12.1 Å². The van der Waals surface area contributed by atoms with Crippen LogP contribution in [0, 0.1) is 5.82 Å². The Morgan fingerprint density at radius 2 is 2.30 bits per heavy atom. The van der Waals surface area contributed by atoms with Crippen molar-refractivity contribution in [2.75, 3.05) is 5.32 Å². The molecule has 0 bridgehead atoms. The minimum absolute atomic E-state index is 0.0575. The van der Waals surface area contributed by atoms with Gasteiger partial charge in [0.25, 0.3) is 0 Å². The van der Waals surface area contributed by atoms with Gasteiger partial charge in [-0.3, -0.25) is 5.32 Å². The molecule has 2 heterocycles. The molecule has 6 heteroatoms. The molecule has 0 aliphatic heterocycles. The first-order chi connectivity index (χ1) is 9.72. The number of halogens is 1. The van der Waals surface area contributed by atoms with Crippen LogP contribution < -0.4 is 10.6 Å². The van der Waals surface area contributed by atoms with E-state index in [9.17, 15) is 9.18 Å². The van der Waals surface area contributed by atoms with Gasteiger partial charge in [0.2, 0.25) is 0 Å². The van der Waals surface area contributed by atoms with Crippen molar-refractivity contribution in [3.8, 4) is 0 Å². The highest BCUT2D eigenvalue weighted by Crippen LogP contribution is 2.30. The topological polar surface area (TPSA) is 67.2 Å². The van der Waals surface area contributed by atoms with Gasteiger partial charge in [0, 0.05) is 12.0 Å². The molecule has 104 valence electrons. The molecule has 0 saturated heterocycles. The average molecular weight is 275 g/mol. The van der Waals surface area contributed by atoms with E-state index in [1.54, 1.807) is 6.26 Å². The molecule has 0 saturated carbocycles. The third-order valence-electron chi connectivity index (χ3n) is 3.33. The molecule has 0 fully saturated rings. The maximum Gasteiger partial charge on any atom is 0.320 e. The standard InChI is InChI=1S/C14H14FN3O2/c15-9-4-5-13(16-8-9)18-14(19)17-11-2-1-3-12-10(11)6-7-20-12/h4-8,11H,1-3H2,(H2,16,17,18,19). The molecule has 1 aliphatic carbocycles. The number of rotatable bonds is 2. The molecule has 1 unspecified atom stereocenters. The Morgan fingerprint density at radius 1 is 1.40 bits per heavy atom. The summed E-state index contributed by atoms with van der Waals surface area (Å²) in [6, 6.07) is 4.13. The van der Waals surface area contributed by atoms with Gasteiger partial charge in [0.15, 0.2) is 0 Å². The zero-order valence-electron chi connectivity index (χ0n) is 10.7. The number of carbonyl (C=O) groups excluding carboxylic acids is 1. The SMILES string of the molecule is O=C(Nc1ccc(F)cn1)NC1CCCc2occc21. The smallest absolute Gasteiger partial charge is 0.320 e. The summed E-state index contributed by atoms with van der Waals surface area (Å²) in [5.74, 6) is 0.805. The number of pyridine rings is 1. The number of aromatic nitrogens is 1. The highest BCUT2D eigenvalue weighted by atomic mass is 19.1. The van der Waals surface area contributed by atoms with Crippen molar-refractivity contribution < 1.29 is 13.6 Å². The monoisotopic (exact) mass is 275 g/mol. The number of urea groups is 1. The van der Waals surface area contributed by atoms with E-state index in [0.717, 1.165) is 36.8 Å². The fourth-order valence-corrected chi connectivity index (χ4v) is 2.40. The number of nitrogens with zero attached hydrogens (tertiary/aromatic N) is 1. The van der Waals surface area contributed by atoms with Gasteiger partial charge in [-0.15, -0.1) is 0 Å². The van der Waals surface area contributed by atoms with Crippen LogP contribution in [0.25, 0.3) is 0 Å². The summed E-state index contributed by atoms with van der Waals surface area (Å²) in [5.41, 5.74) is 1.03. The molecule has 20 heavy (non-hydrogen) atoms. The molecule has 1 atom stereocenters. The van der Waals surface area contributed by atoms with Crippen molar-refractivity contribution in [3.63, 3.8) is 0 Å². The molecule has 2 aromatic rings. The summed E-state index contributed by atoms with van der Waals surface area (Å²) in [6.07, 6.45) is 5.45. The predicted molar refractivity (Wildman–Crippen MR) is 70.7 cm³/mol. The van der Waals surface area contributed by atoms with E-state index >= 15 is 0 Å². The Kier molecular flexibility index (Phi) is 3.37. The Hall–Kier alpha value is -2.37. The molecular weight excluding hydrogens is 261 g/mol. The fraction of sp³-hybridized carbons (Fsp3) is 0.286. The van der Waals surface area contributed by atoms with E-state index in [0.29, 0.717) is 5.82 Å². The summed E-state index contributed by atoms with van der Waals surface area (Å²) < 4.78 is 18.1. The Bertz CT molecular complexity index is 609. The summed E-state index contributed by atoms with van der Waals surface area (Å²) in [5, 5.41) is 5.46. The zero-order valence-corrected chi connectivity index (χ0v) is 10.7. The lowest BCUT2D eigenvalue weighted by Crippen LogP contribution is -2.34. The summed E-state index contributed by atoms with van der Waals surface area (Å²) in [6.45, 7) is 0. The van der Waals surface area contributed by atoms with Gasteiger partial charge >= 0.3 is 6.03 Å². The van der Waals surface area contributed by atoms with Gasteiger partial charge in [0.05, 0.1) is 18.5 Å². The van der Waals surface area contributed by atoms with Gasteiger partial charge < -0.3 is 9.73 Å². The summed E-state index contributed by atoms with van der Waals surface area (Å²) in [7, 11) is 0. The number of hydrogen-bond acceptors (Lipinski definition) is 3. The minimum atomic E-state index is -0.439. The van der Waals surface area contributed by atoms with Crippen molar-refractivity contribution in [2.24, 2.45) is 0 Å². The van der Waals surface area contributed by atoms with Crippen LogP contribution in [0.1, 0.15) is 30.2 Å². The second-order valence-electron chi connectivity index (χ2n) is 4.70. The third kappa shape index (κ3) is 2.64. The first kappa shape index (κ1) is 12.7. The van der Waals surface area contributed by atoms with Crippen LogP contribution in [-0.4, -0.2) is 11.0 Å². The van der Waals surface area contributed by atoms with Crippen LogP contribution in [0.3, 0.4) is 0 Å². The number of hydrogen-bond donors (Lipinski definition) is 2. The molecule has 0 aromatic carbocycles. The maximum atomic E-state index is 12.7.